The van der Waals surface area contributed by atoms with Crippen LogP contribution in [0.5, 0.6) is 0 Å². The molecule has 2 aliphatic rings. The molecular weight excluding hydrogens is 322 g/mol. The van der Waals surface area contributed by atoms with E-state index in [9.17, 15) is 19.5 Å². The summed E-state index contributed by atoms with van der Waals surface area (Å²) in [7, 11) is 0. The highest BCUT2D eigenvalue weighted by Crippen LogP contribution is 2.17. The largest absolute Gasteiger partial charge is 0.478 e. The number of carboxylic acid groups (broad SMARTS) is 1. The Hall–Kier alpha value is -2.57. The summed E-state index contributed by atoms with van der Waals surface area (Å²) >= 11 is 0. The molecule has 1 aromatic rings. The van der Waals surface area contributed by atoms with E-state index in [0.29, 0.717) is 25.9 Å². The van der Waals surface area contributed by atoms with E-state index in [4.69, 9.17) is 0 Å². The van der Waals surface area contributed by atoms with Crippen molar-refractivity contribution in [3.8, 4) is 0 Å². The topological polar surface area (TPSA) is 89.9 Å². The second kappa shape index (κ2) is 7.55. The Morgan fingerprint density at radius 1 is 0.920 bits per heavy atom. The maximum Gasteiger partial charge on any atom is 0.336 e. The van der Waals surface area contributed by atoms with Gasteiger partial charge in [0.1, 0.15) is 0 Å². The minimum absolute atomic E-state index is 0.00153. The van der Waals surface area contributed by atoms with Crippen LogP contribution in [0.3, 0.4) is 0 Å². The quantitative estimate of drug-likeness (QED) is 0.874. The Morgan fingerprint density at radius 2 is 1.48 bits per heavy atom. The van der Waals surface area contributed by atoms with Gasteiger partial charge in [-0.3, -0.25) is 4.79 Å². The van der Waals surface area contributed by atoms with Gasteiger partial charge >= 0.3 is 12.0 Å². The molecule has 0 aliphatic carbocycles. The molecule has 3 amide bonds. The van der Waals surface area contributed by atoms with Gasteiger partial charge in [0.05, 0.1) is 11.1 Å². The summed E-state index contributed by atoms with van der Waals surface area (Å²) in [5.41, 5.74) is 0.173. The van der Waals surface area contributed by atoms with Crippen molar-refractivity contribution in [1.29, 1.82) is 0 Å². The van der Waals surface area contributed by atoms with Crippen LogP contribution in [0.15, 0.2) is 24.3 Å². The number of carbonyl (C=O) groups is 3. The average Bonchev–Trinajstić information content (AvgIpc) is 3.16. The van der Waals surface area contributed by atoms with E-state index in [-0.39, 0.29) is 29.1 Å². The number of benzene rings is 1. The molecule has 2 fully saturated rings. The molecule has 3 rings (SSSR count). The molecule has 2 heterocycles. The molecule has 7 heteroatoms. The number of nitrogens with one attached hydrogen (secondary N) is 1. The van der Waals surface area contributed by atoms with Crippen LogP contribution < -0.4 is 5.32 Å². The molecule has 2 saturated heterocycles. The van der Waals surface area contributed by atoms with Gasteiger partial charge in [0.25, 0.3) is 5.91 Å². The van der Waals surface area contributed by atoms with Crippen molar-refractivity contribution in [2.24, 2.45) is 0 Å². The molecular formula is C18H23N3O4. The van der Waals surface area contributed by atoms with Crippen LogP contribution in [0.1, 0.15) is 46.4 Å². The van der Waals surface area contributed by atoms with Crippen molar-refractivity contribution >= 4 is 17.9 Å². The summed E-state index contributed by atoms with van der Waals surface area (Å²) < 4.78 is 0. The number of likely N-dealkylation sites (tertiary alicyclic amines) is 2. The lowest BCUT2D eigenvalue weighted by molar-refractivity contribution is 0.0689. The van der Waals surface area contributed by atoms with Crippen molar-refractivity contribution in [3.05, 3.63) is 35.4 Å². The Bertz CT molecular complexity index is 662. The Labute approximate surface area is 146 Å². The van der Waals surface area contributed by atoms with E-state index in [1.54, 1.807) is 12.1 Å². The second-order valence-corrected chi connectivity index (χ2v) is 6.56. The number of piperidine rings is 1. The predicted octanol–water partition coefficient (Wildman–Crippen LogP) is 1.79. The molecule has 0 atom stereocenters. The first-order valence-corrected chi connectivity index (χ1v) is 8.73. The third kappa shape index (κ3) is 3.92. The van der Waals surface area contributed by atoms with Gasteiger partial charge in [-0.15, -0.1) is 0 Å². The zero-order valence-corrected chi connectivity index (χ0v) is 14.1. The number of carbonyl (C=O) groups excluding carboxylic acids is 2. The van der Waals surface area contributed by atoms with E-state index in [1.165, 1.54) is 12.1 Å². The first kappa shape index (κ1) is 17.3. The molecule has 25 heavy (non-hydrogen) atoms. The van der Waals surface area contributed by atoms with E-state index in [0.717, 1.165) is 25.9 Å². The van der Waals surface area contributed by atoms with Crippen LogP contribution in [0.2, 0.25) is 0 Å². The molecule has 0 radical (unpaired) electrons. The summed E-state index contributed by atoms with van der Waals surface area (Å²) in [6, 6.07) is 6.25. The lowest BCUT2D eigenvalue weighted by Gasteiger charge is -2.34. The van der Waals surface area contributed by atoms with Crippen LogP contribution in [0.25, 0.3) is 0 Å². The molecule has 2 aliphatic heterocycles. The lowest BCUT2D eigenvalue weighted by atomic mass is 10.0. The zero-order valence-electron chi connectivity index (χ0n) is 14.1. The molecule has 1 aromatic carbocycles. The number of amides is 3. The molecule has 0 aromatic heterocycles. The van der Waals surface area contributed by atoms with Crippen molar-refractivity contribution in [1.82, 2.24) is 15.1 Å². The third-order valence-electron chi connectivity index (χ3n) is 4.88. The highest BCUT2D eigenvalue weighted by molar-refractivity contribution is 6.04. The minimum Gasteiger partial charge on any atom is -0.478 e. The van der Waals surface area contributed by atoms with Crippen molar-refractivity contribution in [2.75, 3.05) is 26.2 Å². The fraction of sp³-hybridized carbons (Fsp3) is 0.500. The lowest BCUT2D eigenvalue weighted by Crippen LogP contribution is -2.50. The van der Waals surface area contributed by atoms with Crippen LogP contribution >= 0.6 is 0 Å². The molecule has 2 N–H and O–H groups in total. The van der Waals surface area contributed by atoms with Gasteiger partial charge in [0.15, 0.2) is 0 Å². The SMILES string of the molecule is O=C(O)c1ccccc1C(=O)NC1CCN(C(=O)N2CCCC2)CC1. The number of urea groups is 1. The summed E-state index contributed by atoms with van der Waals surface area (Å²) in [6.45, 7) is 2.89. The second-order valence-electron chi connectivity index (χ2n) is 6.56. The number of hydrogen-bond donors (Lipinski definition) is 2. The van der Waals surface area contributed by atoms with Crippen LogP contribution in [-0.4, -0.2) is 65.0 Å². The molecule has 0 bridgehead atoms. The Kier molecular flexibility index (Phi) is 5.21. The van der Waals surface area contributed by atoms with E-state index in [2.05, 4.69) is 5.32 Å². The molecule has 0 saturated carbocycles. The first-order valence-electron chi connectivity index (χ1n) is 8.73. The Morgan fingerprint density at radius 3 is 2.08 bits per heavy atom. The van der Waals surface area contributed by atoms with E-state index in [1.807, 2.05) is 9.80 Å². The maximum atomic E-state index is 12.4. The average molecular weight is 345 g/mol. The van der Waals surface area contributed by atoms with Crippen molar-refractivity contribution < 1.29 is 19.5 Å². The minimum atomic E-state index is -1.11. The van der Waals surface area contributed by atoms with Gasteiger partial charge in [0.2, 0.25) is 0 Å². The normalized spacial score (nSPS) is 18.2. The predicted molar refractivity (Wildman–Crippen MR) is 91.7 cm³/mol. The maximum absolute atomic E-state index is 12.4. The van der Waals surface area contributed by atoms with Crippen molar-refractivity contribution in [3.63, 3.8) is 0 Å². The Balaban J connectivity index is 1.54. The number of aromatic carboxylic acids is 1. The van der Waals surface area contributed by atoms with Gasteiger partial charge in [-0.05, 0) is 37.8 Å². The zero-order chi connectivity index (χ0) is 17.8. The van der Waals surface area contributed by atoms with Gasteiger partial charge < -0.3 is 20.2 Å². The summed E-state index contributed by atoms with van der Waals surface area (Å²) in [5.74, 6) is -1.49. The monoisotopic (exact) mass is 345 g/mol. The van der Waals surface area contributed by atoms with Crippen LogP contribution in [0, 0.1) is 0 Å². The fourth-order valence-corrected chi connectivity index (χ4v) is 3.45. The third-order valence-corrected chi connectivity index (χ3v) is 4.88. The first-order chi connectivity index (χ1) is 12.1. The summed E-state index contributed by atoms with van der Waals surface area (Å²) in [4.78, 5) is 39.7. The molecule has 134 valence electrons. The summed E-state index contributed by atoms with van der Waals surface area (Å²) in [5, 5.41) is 12.1. The van der Waals surface area contributed by atoms with Crippen LogP contribution in [0.4, 0.5) is 4.79 Å². The van der Waals surface area contributed by atoms with E-state index >= 15 is 0 Å². The number of rotatable bonds is 3. The van der Waals surface area contributed by atoms with Gasteiger partial charge in [-0.2, -0.15) is 0 Å². The van der Waals surface area contributed by atoms with Gasteiger partial charge in [-0.25, -0.2) is 9.59 Å². The fourth-order valence-electron chi connectivity index (χ4n) is 3.45. The number of nitrogens with zero attached hydrogens (tertiary/aromatic N) is 2. The van der Waals surface area contributed by atoms with Gasteiger partial charge in [-0.1, -0.05) is 12.1 Å². The number of carboxylic acids is 1. The summed E-state index contributed by atoms with van der Waals surface area (Å²) in [6.07, 6.45) is 3.50. The molecule has 0 spiro atoms. The van der Waals surface area contributed by atoms with E-state index < -0.39 is 5.97 Å². The standard InChI is InChI=1S/C18H23N3O4/c22-16(14-5-1-2-6-15(14)17(23)24)19-13-7-11-21(12-8-13)18(25)20-9-3-4-10-20/h1-2,5-6,13H,3-4,7-12H2,(H,19,22)(H,23,24). The molecule has 7 nitrogen and oxygen atoms in total. The highest BCUT2D eigenvalue weighted by Gasteiger charge is 2.28. The number of hydrogen-bond acceptors (Lipinski definition) is 3. The van der Waals surface area contributed by atoms with Crippen LogP contribution in [-0.2, 0) is 0 Å². The van der Waals surface area contributed by atoms with Gasteiger partial charge in [0, 0.05) is 32.2 Å². The molecule has 0 unspecified atom stereocenters. The van der Waals surface area contributed by atoms with Crippen molar-refractivity contribution in [2.45, 2.75) is 31.7 Å². The highest BCUT2D eigenvalue weighted by atomic mass is 16.4. The smallest absolute Gasteiger partial charge is 0.336 e.